The van der Waals surface area contributed by atoms with Gasteiger partial charge < -0.3 is 0 Å². The molecule has 0 radical (unpaired) electrons. The van der Waals surface area contributed by atoms with E-state index in [4.69, 9.17) is 0 Å². The van der Waals surface area contributed by atoms with E-state index in [0.29, 0.717) is 5.41 Å². The standard InChI is InChI=1S/C11H21N/c1-5-11(6-2)7-10(8-11)9(3)12-4/h10H,5-8H2,1-4H3/b12-9+. The minimum Gasteiger partial charge on any atom is -0.297 e. The molecule has 0 amide bonds. The molecule has 0 aromatic carbocycles. The van der Waals surface area contributed by atoms with E-state index < -0.39 is 0 Å². The molecule has 0 atom stereocenters. The minimum atomic E-state index is 0.677. The third-order valence-electron chi connectivity index (χ3n) is 3.80. The van der Waals surface area contributed by atoms with Gasteiger partial charge in [0.2, 0.25) is 0 Å². The fourth-order valence-corrected chi connectivity index (χ4v) is 2.29. The van der Waals surface area contributed by atoms with E-state index in [1.54, 1.807) is 0 Å². The topological polar surface area (TPSA) is 12.4 Å². The molecule has 0 N–H and O–H groups in total. The Morgan fingerprint density at radius 3 is 2.17 bits per heavy atom. The molecule has 1 saturated carbocycles. The molecule has 0 aliphatic heterocycles. The first kappa shape index (κ1) is 9.76. The number of aliphatic imine (C=N–C) groups is 1. The van der Waals surface area contributed by atoms with Crippen molar-refractivity contribution in [2.24, 2.45) is 16.3 Å². The zero-order valence-corrected chi connectivity index (χ0v) is 8.85. The van der Waals surface area contributed by atoms with Crippen molar-refractivity contribution in [3.05, 3.63) is 0 Å². The summed E-state index contributed by atoms with van der Waals surface area (Å²) >= 11 is 0. The maximum atomic E-state index is 4.26. The first-order valence-corrected chi connectivity index (χ1v) is 5.10. The summed E-state index contributed by atoms with van der Waals surface area (Å²) in [6, 6.07) is 0. The van der Waals surface area contributed by atoms with Crippen LogP contribution in [0.3, 0.4) is 0 Å². The van der Waals surface area contributed by atoms with Crippen LogP contribution in [0.4, 0.5) is 0 Å². The predicted octanol–water partition coefficient (Wildman–Crippen LogP) is 3.29. The third-order valence-corrected chi connectivity index (χ3v) is 3.80. The van der Waals surface area contributed by atoms with Crippen LogP contribution in [0.15, 0.2) is 4.99 Å². The minimum absolute atomic E-state index is 0.677. The second-order valence-corrected chi connectivity index (χ2v) is 4.18. The van der Waals surface area contributed by atoms with Crippen LogP contribution >= 0.6 is 0 Å². The number of hydrogen-bond donors (Lipinski definition) is 0. The number of hydrogen-bond acceptors (Lipinski definition) is 1. The summed E-state index contributed by atoms with van der Waals surface area (Å²) < 4.78 is 0. The molecule has 70 valence electrons. The van der Waals surface area contributed by atoms with Crippen LogP contribution in [-0.2, 0) is 0 Å². The van der Waals surface area contributed by atoms with Crippen molar-refractivity contribution in [1.82, 2.24) is 0 Å². The van der Waals surface area contributed by atoms with Gasteiger partial charge >= 0.3 is 0 Å². The van der Waals surface area contributed by atoms with Gasteiger partial charge in [0.25, 0.3) is 0 Å². The van der Waals surface area contributed by atoms with Gasteiger partial charge in [0.1, 0.15) is 0 Å². The summed E-state index contributed by atoms with van der Waals surface area (Å²) in [6.45, 7) is 6.80. The van der Waals surface area contributed by atoms with Gasteiger partial charge in [-0.2, -0.15) is 0 Å². The third kappa shape index (κ3) is 1.55. The number of rotatable bonds is 3. The maximum Gasteiger partial charge on any atom is 0.0276 e. The molecule has 12 heavy (non-hydrogen) atoms. The molecule has 0 heterocycles. The highest BCUT2D eigenvalue weighted by molar-refractivity contribution is 5.85. The largest absolute Gasteiger partial charge is 0.297 e. The molecule has 0 unspecified atom stereocenters. The second kappa shape index (κ2) is 3.59. The van der Waals surface area contributed by atoms with E-state index in [-0.39, 0.29) is 0 Å². The Hall–Kier alpha value is -0.330. The van der Waals surface area contributed by atoms with Crippen LogP contribution in [0.5, 0.6) is 0 Å². The molecular weight excluding hydrogens is 146 g/mol. The van der Waals surface area contributed by atoms with Gasteiger partial charge in [-0.3, -0.25) is 4.99 Å². The second-order valence-electron chi connectivity index (χ2n) is 4.18. The van der Waals surface area contributed by atoms with Gasteiger partial charge in [0.05, 0.1) is 0 Å². The Balaban J connectivity index is 2.45. The summed E-state index contributed by atoms with van der Waals surface area (Å²) in [5.41, 5.74) is 2.03. The van der Waals surface area contributed by atoms with E-state index in [1.807, 2.05) is 7.05 Å². The highest BCUT2D eigenvalue weighted by Gasteiger charge is 2.41. The van der Waals surface area contributed by atoms with Gasteiger partial charge in [-0.15, -0.1) is 0 Å². The van der Waals surface area contributed by atoms with Gasteiger partial charge in [-0.1, -0.05) is 26.7 Å². The van der Waals surface area contributed by atoms with E-state index in [1.165, 1.54) is 31.4 Å². The Morgan fingerprint density at radius 1 is 1.33 bits per heavy atom. The molecule has 1 heteroatoms. The molecule has 1 rings (SSSR count). The van der Waals surface area contributed by atoms with Crippen molar-refractivity contribution in [2.45, 2.75) is 46.5 Å². The Morgan fingerprint density at radius 2 is 1.83 bits per heavy atom. The van der Waals surface area contributed by atoms with Gasteiger partial charge in [-0.05, 0) is 31.1 Å². The summed E-state index contributed by atoms with van der Waals surface area (Å²) in [6.07, 6.45) is 5.44. The summed E-state index contributed by atoms with van der Waals surface area (Å²) in [5, 5.41) is 0. The van der Waals surface area contributed by atoms with Crippen LogP contribution in [0, 0.1) is 11.3 Å². The predicted molar refractivity (Wildman–Crippen MR) is 54.8 cm³/mol. The average Bonchev–Trinajstić information content (AvgIpc) is 2.04. The van der Waals surface area contributed by atoms with Crippen LogP contribution in [0.2, 0.25) is 0 Å². The molecule has 0 aromatic heterocycles. The molecule has 0 bridgehead atoms. The summed E-state index contributed by atoms with van der Waals surface area (Å²) in [4.78, 5) is 4.26. The Kier molecular flexibility index (Phi) is 2.92. The lowest BCUT2D eigenvalue weighted by atomic mass is 9.58. The normalized spacial score (nSPS) is 23.8. The zero-order valence-electron chi connectivity index (χ0n) is 8.85. The van der Waals surface area contributed by atoms with Crippen molar-refractivity contribution in [3.63, 3.8) is 0 Å². The highest BCUT2D eigenvalue weighted by atomic mass is 14.7. The molecule has 1 aliphatic rings. The van der Waals surface area contributed by atoms with Crippen LogP contribution in [0.25, 0.3) is 0 Å². The quantitative estimate of drug-likeness (QED) is 0.572. The van der Waals surface area contributed by atoms with E-state index in [9.17, 15) is 0 Å². The zero-order chi connectivity index (χ0) is 9.19. The monoisotopic (exact) mass is 167 g/mol. The smallest absolute Gasteiger partial charge is 0.0276 e. The lowest BCUT2D eigenvalue weighted by Crippen LogP contribution is -2.39. The van der Waals surface area contributed by atoms with Crippen molar-refractivity contribution in [2.75, 3.05) is 7.05 Å². The maximum absolute atomic E-state index is 4.26. The van der Waals surface area contributed by atoms with Crippen molar-refractivity contribution in [1.29, 1.82) is 0 Å². The van der Waals surface area contributed by atoms with Crippen molar-refractivity contribution >= 4 is 5.71 Å². The fourth-order valence-electron chi connectivity index (χ4n) is 2.29. The van der Waals surface area contributed by atoms with Gasteiger partial charge in [0, 0.05) is 12.8 Å². The van der Waals surface area contributed by atoms with E-state index in [2.05, 4.69) is 25.8 Å². The fraction of sp³-hybridized carbons (Fsp3) is 0.909. The average molecular weight is 167 g/mol. The number of nitrogens with zero attached hydrogens (tertiary/aromatic N) is 1. The molecule has 0 aromatic rings. The van der Waals surface area contributed by atoms with Crippen LogP contribution in [-0.4, -0.2) is 12.8 Å². The molecule has 1 aliphatic carbocycles. The molecule has 1 nitrogen and oxygen atoms in total. The lowest BCUT2D eigenvalue weighted by molar-refractivity contribution is 0.0834. The molecule has 0 saturated heterocycles. The summed E-state index contributed by atoms with van der Waals surface area (Å²) in [5.74, 6) is 0.801. The first-order valence-electron chi connectivity index (χ1n) is 5.10. The molecule has 0 spiro atoms. The summed E-state index contributed by atoms with van der Waals surface area (Å²) in [7, 11) is 1.91. The van der Waals surface area contributed by atoms with Gasteiger partial charge in [0.15, 0.2) is 0 Å². The van der Waals surface area contributed by atoms with E-state index >= 15 is 0 Å². The Labute approximate surface area is 76.3 Å². The SMILES string of the molecule is CCC1(CC)CC(/C(C)=N/C)C1. The molecular formula is C11H21N. The lowest BCUT2D eigenvalue weighted by Gasteiger charge is -2.47. The van der Waals surface area contributed by atoms with Crippen LogP contribution < -0.4 is 0 Å². The highest BCUT2D eigenvalue weighted by Crippen LogP contribution is 2.50. The van der Waals surface area contributed by atoms with E-state index in [0.717, 1.165) is 5.92 Å². The Bertz CT molecular complexity index is 169. The van der Waals surface area contributed by atoms with Gasteiger partial charge in [-0.25, -0.2) is 0 Å². The molecule has 1 fully saturated rings. The van der Waals surface area contributed by atoms with Crippen LogP contribution in [0.1, 0.15) is 46.5 Å². The first-order chi connectivity index (χ1) is 5.67. The van der Waals surface area contributed by atoms with Crippen molar-refractivity contribution < 1.29 is 0 Å². The van der Waals surface area contributed by atoms with Crippen molar-refractivity contribution in [3.8, 4) is 0 Å².